The molecule has 1 aromatic heterocycles. The lowest BCUT2D eigenvalue weighted by Gasteiger charge is -2.17. The number of nitrogens with zero attached hydrogens (tertiary/aromatic N) is 2. The van der Waals surface area contributed by atoms with Crippen molar-refractivity contribution >= 4 is 11.7 Å². The van der Waals surface area contributed by atoms with Crippen molar-refractivity contribution in [3.8, 4) is 0 Å². The highest BCUT2D eigenvalue weighted by atomic mass is 16.5. The van der Waals surface area contributed by atoms with E-state index in [-0.39, 0.29) is 6.03 Å². The molecule has 2 amide bonds. The van der Waals surface area contributed by atoms with Gasteiger partial charge >= 0.3 is 6.03 Å². The first kappa shape index (κ1) is 14.1. The van der Waals surface area contributed by atoms with Crippen LogP contribution >= 0.6 is 0 Å². The third-order valence-electron chi connectivity index (χ3n) is 3.04. The Hall–Kier alpha value is -2.30. The Bertz CT molecular complexity index is 619. The van der Waals surface area contributed by atoms with Crippen LogP contribution in [0.4, 0.5) is 10.5 Å². The zero-order chi connectivity index (χ0) is 14.7. The third-order valence-corrected chi connectivity index (χ3v) is 3.04. The van der Waals surface area contributed by atoms with Crippen LogP contribution in [0.15, 0.2) is 28.8 Å². The van der Waals surface area contributed by atoms with Crippen LogP contribution in [0, 0.1) is 20.8 Å². The van der Waals surface area contributed by atoms with Crippen molar-refractivity contribution in [2.45, 2.75) is 27.3 Å². The van der Waals surface area contributed by atoms with Gasteiger partial charge in [-0.2, -0.15) is 0 Å². The summed E-state index contributed by atoms with van der Waals surface area (Å²) in [4.78, 5) is 13.7. The summed E-state index contributed by atoms with van der Waals surface area (Å²) in [5, 5.41) is 6.69. The largest absolute Gasteiger partial charge is 0.359 e. The lowest BCUT2D eigenvalue weighted by atomic mass is 10.1. The normalized spacial score (nSPS) is 10.4. The van der Waals surface area contributed by atoms with Crippen LogP contribution in [0.1, 0.15) is 22.6 Å². The highest BCUT2D eigenvalue weighted by Crippen LogP contribution is 2.16. The Morgan fingerprint density at radius 1 is 1.30 bits per heavy atom. The van der Waals surface area contributed by atoms with Gasteiger partial charge in [0.15, 0.2) is 5.76 Å². The first-order valence-corrected chi connectivity index (χ1v) is 6.47. The molecule has 0 fully saturated rings. The Morgan fingerprint density at radius 3 is 2.65 bits per heavy atom. The molecule has 0 aliphatic rings. The van der Waals surface area contributed by atoms with Crippen LogP contribution in [-0.2, 0) is 6.54 Å². The van der Waals surface area contributed by atoms with Gasteiger partial charge in [-0.25, -0.2) is 4.79 Å². The number of rotatable bonds is 3. The molecule has 5 heteroatoms. The number of aromatic nitrogens is 1. The SMILES string of the molecule is Cc1ccc(NC(=O)N(C)Cc2cc(C)no2)c(C)c1. The summed E-state index contributed by atoms with van der Waals surface area (Å²) >= 11 is 0. The number of nitrogens with one attached hydrogen (secondary N) is 1. The molecule has 2 rings (SSSR count). The van der Waals surface area contributed by atoms with Gasteiger partial charge in [-0.3, -0.25) is 0 Å². The minimum absolute atomic E-state index is 0.175. The molecule has 0 unspecified atom stereocenters. The van der Waals surface area contributed by atoms with Crippen molar-refractivity contribution in [2.24, 2.45) is 0 Å². The molecule has 1 aromatic carbocycles. The van der Waals surface area contributed by atoms with Gasteiger partial charge in [0.05, 0.1) is 12.2 Å². The summed E-state index contributed by atoms with van der Waals surface area (Å²) in [6.45, 7) is 6.24. The first-order chi connectivity index (χ1) is 9.45. The first-order valence-electron chi connectivity index (χ1n) is 6.47. The van der Waals surface area contributed by atoms with Crippen molar-refractivity contribution in [1.82, 2.24) is 10.1 Å². The summed E-state index contributed by atoms with van der Waals surface area (Å²) in [5.41, 5.74) is 3.85. The number of hydrogen-bond donors (Lipinski definition) is 1. The standard InChI is InChI=1S/C15H19N3O2/c1-10-5-6-14(11(2)7-10)16-15(19)18(4)9-13-8-12(3)17-20-13/h5-8H,9H2,1-4H3,(H,16,19). The van der Waals surface area contributed by atoms with Gasteiger partial charge in [0.1, 0.15) is 0 Å². The molecule has 2 aromatic rings. The highest BCUT2D eigenvalue weighted by molar-refractivity contribution is 5.89. The van der Waals surface area contributed by atoms with E-state index in [0.29, 0.717) is 12.3 Å². The second-order valence-electron chi connectivity index (χ2n) is 5.04. The number of aryl methyl sites for hydroxylation is 3. The predicted octanol–water partition coefficient (Wildman–Crippen LogP) is 3.26. The molecule has 1 heterocycles. The summed E-state index contributed by atoms with van der Waals surface area (Å²) in [6, 6.07) is 7.57. The highest BCUT2D eigenvalue weighted by Gasteiger charge is 2.12. The molecule has 20 heavy (non-hydrogen) atoms. The van der Waals surface area contributed by atoms with E-state index in [0.717, 1.165) is 16.9 Å². The van der Waals surface area contributed by atoms with Gasteiger partial charge in [0, 0.05) is 18.8 Å². The average molecular weight is 273 g/mol. The Kier molecular flexibility index (Phi) is 4.08. The lowest BCUT2D eigenvalue weighted by Crippen LogP contribution is -2.30. The number of anilines is 1. The molecular formula is C15H19N3O2. The summed E-state index contributed by atoms with van der Waals surface area (Å²) in [7, 11) is 1.72. The number of urea groups is 1. The molecular weight excluding hydrogens is 254 g/mol. The molecule has 0 radical (unpaired) electrons. The smallest absolute Gasteiger partial charge is 0.322 e. The van der Waals surface area contributed by atoms with Crippen LogP contribution in [0.3, 0.4) is 0 Å². The zero-order valence-electron chi connectivity index (χ0n) is 12.2. The Labute approximate surface area is 118 Å². The molecule has 0 saturated heterocycles. The van der Waals surface area contributed by atoms with Crippen LogP contribution in [-0.4, -0.2) is 23.1 Å². The van der Waals surface area contributed by atoms with Crippen molar-refractivity contribution in [3.05, 3.63) is 46.8 Å². The monoisotopic (exact) mass is 273 g/mol. The maximum Gasteiger partial charge on any atom is 0.322 e. The maximum atomic E-state index is 12.1. The average Bonchev–Trinajstić information content (AvgIpc) is 2.78. The lowest BCUT2D eigenvalue weighted by molar-refractivity contribution is 0.214. The van der Waals surface area contributed by atoms with Crippen LogP contribution < -0.4 is 5.32 Å². The van der Waals surface area contributed by atoms with Crippen molar-refractivity contribution < 1.29 is 9.32 Å². The van der Waals surface area contributed by atoms with E-state index in [1.807, 2.05) is 45.0 Å². The molecule has 106 valence electrons. The number of carbonyl (C=O) groups excluding carboxylic acids is 1. The predicted molar refractivity (Wildman–Crippen MR) is 77.6 cm³/mol. The molecule has 1 N–H and O–H groups in total. The van der Waals surface area contributed by atoms with E-state index < -0.39 is 0 Å². The van der Waals surface area contributed by atoms with Gasteiger partial charge in [0.2, 0.25) is 0 Å². The fourth-order valence-electron chi connectivity index (χ4n) is 1.96. The summed E-state index contributed by atoms with van der Waals surface area (Å²) < 4.78 is 5.10. The number of carbonyl (C=O) groups is 1. The Morgan fingerprint density at radius 2 is 2.05 bits per heavy atom. The molecule has 5 nitrogen and oxygen atoms in total. The second-order valence-corrected chi connectivity index (χ2v) is 5.04. The van der Waals surface area contributed by atoms with E-state index >= 15 is 0 Å². The second kappa shape index (κ2) is 5.77. The third kappa shape index (κ3) is 3.38. The number of hydrogen-bond acceptors (Lipinski definition) is 3. The van der Waals surface area contributed by atoms with Gasteiger partial charge in [-0.05, 0) is 32.4 Å². The zero-order valence-corrected chi connectivity index (χ0v) is 12.2. The minimum Gasteiger partial charge on any atom is -0.359 e. The molecule has 0 aliphatic carbocycles. The van der Waals surface area contributed by atoms with Crippen molar-refractivity contribution in [3.63, 3.8) is 0 Å². The molecule has 0 spiro atoms. The number of benzene rings is 1. The maximum absolute atomic E-state index is 12.1. The molecule has 0 saturated carbocycles. The Balaban J connectivity index is 2.00. The summed E-state index contributed by atoms with van der Waals surface area (Å²) in [5.74, 6) is 0.667. The van der Waals surface area contributed by atoms with Gasteiger partial charge in [0.25, 0.3) is 0 Å². The van der Waals surface area contributed by atoms with E-state index in [2.05, 4.69) is 10.5 Å². The molecule has 0 bridgehead atoms. The molecule has 0 aliphatic heterocycles. The van der Waals surface area contributed by atoms with Crippen LogP contribution in [0.25, 0.3) is 0 Å². The fourth-order valence-corrected chi connectivity index (χ4v) is 1.96. The van der Waals surface area contributed by atoms with Crippen molar-refractivity contribution in [2.75, 3.05) is 12.4 Å². The van der Waals surface area contributed by atoms with Crippen LogP contribution in [0.5, 0.6) is 0 Å². The molecule has 0 atom stereocenters. The van der Waals surface area contributed by atoms with E-state index in [1.165, 1.54) is 5.56 Å². The van der Waals surface area contributed by atoms with E-state index in [4.69, 9.17) is 4.52 Å². The number of amides is 2. The van der Waals surface area contributed by atoms with Gasteiger partial charge < -0.3 is 14.7 Å². The quantitative estimate of drug-likeness (QED) is 0.933. The van der Waals surface area contributed by atoms with Gasteiger partial charge in [-0.15, -0.1) is 0 Å². The summed E-state index contributed by atoms with van der Waals surface area (Å²) in [6.07, 6.45) is 0. The topological polar surface area (TPSA) is 58.4 Å². The van der Waals surface area contributed by atoms with Gasteiger partial charge in [-0.1, -0.05) is 22.9 Å². The van der Waals surface area contributed by atoms with Crippen molar-refractivity contribution in [1.29, 1.82) is 0 Å². The fraction of sp³-hybridized carbons (Fsp3) is 0.333. The van der Waals surface area contributed by atoms with E-state index in [1.54, 1.807) is 11.9 Å². The minimum atomic E-state index is -0.175. The van der Waals surface area contributed by atoms with Crippen LogP contribution in [0.2, 0.25) is 0 Å². The van der Waals surface area contributed by atoms with E-state index in [9.17, 15) is 4.79 Å².